The predicted molar refractivity (Wildman–Crippen MR) is 80.7 cm³/mol. The van der Waals surface area contributed by atoms with Crippen LogP contribution >= 0.6 is 11.6 Å². The van der Waals surface area contributed by atoms with E-state index < -0.39 is 0 Å². The highest BCUT2D eigenvalue weighted by atomic mass is 35.5. The molecule has 20 heavy (non-hydrogen) atoms. The largest absolute Gasteiger partial charge is 0.454 e. The second-order valence-electron chi connectivity index (χ2n) is 4.66. The monoisotopic (exact) mass is 289 g/mol. The second kappa shape index (κ2) is 5.63. The number of hydrogen-bond acceptors (Lipinski definition) is 3. The van der Waals surface area contributed by atoms with Crippen LogP contribution < -0.4 is 14.8 Å². The van der Waals surface area contributed by atoms with Gasteiger partial charge in [-0.3, -0.25) is 0 Å². The Balaban J connectivity index is 1.78. The van der Waals surface area contributed by atoms with Crippen molar-refractivity contribution < 1.29 is 9.47 Å². The quantitative estimate of drug-likeness (QED) is 0.913. The Morgan fingerprint density at radius 2 is 1.80 bits per heavy atom. The summed E-state index contributed by atoms with van der Waals surface area (Å²) in [6.07, 6.45) is 1.02. The summed E-state index contributed by atoms with van der Waals surface area (Å²) in [6.45, 7) is 3.16. The Labute approximate surface area is 123 Å². The summed E-state index contributed by atoms with van der Waals surface area (Å²) in [6, 6.07) is 12.1. The molecule has 0 saturated heterocycles. The molecule has 0 atom stereocenters. The Hall–Kier alpha value is -1.87. The van der Waals surface area contributed by atoms with Crippen LogP contribution in [0.25, 0.3) is 0 Å². The number of aryl methyl sites for hydroxylation is 1. The van der Waals surface area contributed by atoms with E-state index in [-0.39, 0.29) is 6.79 Å². The van der Waals surface area contributed by atoms with Crippen LogP contribution in [0.5, 0.6) is 11.5 Å². The zero-order chi connectivity index (χ0) is 13.9. The summed E-state index contributed by atoms with van der Waals surface area (Å²) in [4.78, 5) is 0. The summed E-state index contributed by atoms with van der Waals surface area (Å²) in [5, 5.41) is 4.01. The van der Waals surface area contributed by atoms with Crippen molar-refractivity contribution in [3.8, 4) is 11.5 Å². The molecule has 0 spiro atoms. The molecule has 0 saturated carbocycles. The molecule has 2 aromatic rings. The van der Waals surface area contributed by atoms with Crippen molar-refractivity contribution in [2.45, 2.75) is 19.9 Å². The van der Waals surface area contributed by atoms with Crippen molar-refractivity contribution in [1.29, 1.82) is 0 Å². The summed E-state index contributed by atoms with van der Waals surface area (Å²) in [5.74, 6) is 1.44. The number of fused-ring (bicyclic) bond motifs is 1. The highest BCUT2D eigenvalue weighted by Crippen LogP contribution is 2.39. The molecule has 4 heteroatoms. The Bertz CT molecular complexity index is 628. The molecule has 3 rings (SSSR count). The fourth-order valence-corrected chi connectivity index (χ4v) is 2.54. The van der Waals surface area contributed by atoms with Gasteiger partial charge in [0.25, 0.3) is 0 Å². The lowest BCUT2D eigenvalue weighted by Crippen LogP contribution is -2.03. The van der Waals surface area contributed by atoms with Gasteiger partial charge in [-0.15, -0.1) is 0 Å². The number of rotatable bonds is 4. The van der Waals surface area contributed by atoms with Crippen LogP contribution in [0.1, 0.15) is 18.1 Å². The van der Waals surface area contributed by atoms with Crippen molar-refractivity contribution in [1.82, 2.24) is 0 Å². The van der Waals surface area contributed by atoms with Gasteiger partial charge in [0.05, 0.1) is 10.7 Å². The fraction of sp³-hybridized carbons (Fsp3) is 0.250. The van der Waals surface area contributed by atoms with E-state index in [4.69, 9.17) is 21.1 Å². The first-order chi connectivity index (χ1) is 9.78. The van der Waals surface area contributed by atoms with Gasteiger partial charge in [-0.05, 0) is 17.5 Å². The van der Waals surface area contributed by atoms with Crippen LogP contribution in [0.3, 0.4) is 0 Å². The molecule has 0 aliphatic carbocycles. The van der Waals surface area contributed by atoms with Crippen LogP contribution in [-0.2, 0) is 13.0 Å². The van der Waals surface area contributed by atoms with Crippen LogP contribution in [0.2, 0.25) is 5.02 Å². The maximum absolute atomic E-state index is 6.25. The van der Waals surface area contributed by atoms with Gasteiger partial charge in [0.2, 0.25) is 6.79 Å². The van der Waals surface area contributed by atoms with E-state index in [9.17, 15) is 0 Å². The van der Waals surface area contributed by atoms with Crippen LogP contribution in [0.4, 0.5) is 5.69 Å². The molecule has 0 bridgehead atoms. The molecule has 1 aliphatic heterocycles. The van der Waals surface area contributed by atoms with E-state index in [2.05, 4.69) is 36.5 Å². The molecule has 104 valence electrons. The van der Waals surface area contributed by atoms with Crippen molar-refractivity contribution >= 4 is 17.3 Å². The van der Waals surface area contributed by atoms with Crippen molar-refractivity contribution in [3.63, 3.8) is 0 Å². The van der Waals surface area contributed by atoms with Gasteiger partial charge in [-0.1, -0.05) is 42.8 Å². The minimum Gasteiger partial charge on any atom is -0.454 e. The van der Waals surface area contributed by atoms with E-state index in [0.717, 1.165) is 24.4 Å². The summed E-state index contributed by atoms with van der Waals surface area (Å²) in [5.41, 5.74) is 3.49. The molecular weight excluding hydrogens is 274 g/mol. The van der Waals surface area contributed by atoms with Crippen molar-refractivity contribution in [2.24, 2.45) is 0 Å². The van der Waals surface area contributed by atoms with Crippen LogP contribution in [-0.4, -0.2) is 6.79 Å². The normalized spacial score (nSPS) is 12.5. The van der Waals surface area contributed by atoms with Gasteiger partial charge < -0.3 is 14.8 Å². The first-order valence-electron chi connectivity index (χ1n) is 6.67. The Morgan fingerprint density at radius 1 is 1.10 bits per heavy atom. The third kappa shape index (κ3) is 2.54. The van der Waals surface area contributed by atoms with Crippen LogP contribution in [0, 0.1) is 0 Å². The Kier molecular flexibility index (Phi) is 3.70. The molecule has 1 N–H and O–H groups in total. The minimum atomic E-state index is 0.258. The number of nitrogens with one attached hydrogen (secondary N) is 1. The lowest BCUT2D eigenvalue weighted by atomic mass is 10.1. The molecule has 1 aliphatic rings. The zero-order valence-electron chi connectivity index (χ0n) is 11.3. The van der Waals surface area contributed by atoms with Gasteiger partial charge in [0.1, 0.15) is 0 Å². The number of halogens is 1. The Morgan fingerprint density at radius 3 is 2.55 bits per heavy atom. The number of anilines is 1. The van der Waals surface area contributed by atoms with Crippen molar-refractivity contribution in [3.05, 3.63) is 52.5 Å². The smallest absolute Gasteiger partial charge is 0.231 e. The lowest BCUT2D eigenvalue weighted by Gasteiger charge is -2.12. The van der Waals surface area contributed by atoms with Gasteiger partial charge in [-0.25, -0.2) is 0 Å². The van der Waals surface area contributed by atoms with Gasteiger partial charge in [0.15, 0.2) is 11.5 Å². The van der Waals surface area contributed by atoms with E-state index in [1.54, 1.807) is 6.07 Å². The third-order valence-electron chi connectivity index (χ3n) is 3.43. The van der Waals surface area contributed by atoms with Gasteiger partial charge in [-0.2, -0.15) is 0 Å². The molecule has 0 radical (unpaired) electrons. The highest BCUT2D eigenvalue weighted by molar-refractivity contribution is 6.33. The molecule has 3 nitrogen and oxygen atoms in total. The minimum absolute atomic E-state index is 0.258. The first kappa shape index (κ1) is 13.1. The van der Waals surface area contributed by atoms with E-state index in [1.807, 2.05) is 6.07 Å². The highest BCUT2D eigenvalue weighted by Gasteiger charge is 2.16. The molecule has 0 fully saturated rings. The number of benzene rings is 2. The van der Waals surface area contributed by atoms with E-state index >= 15 is 0 Å². The molecule has 0 aromatic heterocycles. The standard InChI is InChI=1S/C16H16ClNO2/c1-2-11-5-3-4-6-12(11)9-18-14-8-16-15(7-13(14)17)19-10-20-16/h3-8,18H,2,9-10H2,1H3. The van der Waals surface area contributed by atoms with Gasteiger partial charge in [0, 0.05) is 18.7 Å². The molecule has 1 heterocycles. The van der Waals surface area contributed by atoms with E-state index in [0.29, 0.717) is 10.8 Å². The summed E-state index contributed by atoms with van der Waals surface area (Å²) >= 11 is 6.25. The SMILES string of the molecule is CCc1ccccc1CNc1cc2c(cc1Cl)OCO2. The summed E-state index contributed by atoms with van der Waals surface area (Å²) < 4.78 is 10.7. The maximum Gasteiger partial charge on any atom is 0.231 e. The second-order valence-corrected chi connectivity index (χ2v) is 5.07. The van der Waals surface area contributed by atoms with Crippen molar-refractivity contribution in [2.75, 3.05) is 12.1 Å². The molecule has 0 amide bonds. The molecule has 0 unspecified atom stereocenters. The van der Waals surface area contributed by atoms with Gasteiger partial charge >= 0.3 is 0 Å². The fourth-order valence-electron chi connectivity index (χ4n) is 2.32. The first-order valence-corrected chi connectivity index (χ1v) is 7.05. The lowest BCUT2D eigenvalue weighted by molar-refractivity contribution is 0.174. The maximum atomic E-state index is 6.25. The average molecular weight is 290 g/mol. The topological polar surface area (TPSA) is 30.5 Å². The number of hydrogen-bond donors (Lipinski definition) is 1. The van der Waals surface area contributed by atoms with E-state index in [1.165, 1.54) is 11.1 Å². The predicted octanol–water partition coefficient (Wildman–Crippen LogP) is 4.24. The van der Waals surface area contributed by atoms with Crippen LogP contribution in [0.15, 0.2) is 36.4 Å². The zero-order valence-corrected chi connectivity index (χ0v) is 12.0. The number of ether oxygens (including phenoxy) is 2. The molecular formula is C16H16ClNO2. The average Bonchev–Trinajstić information content (AvgIpc) is 2.92. The third-order valence-corrected chi connectivity index (χ3v) is 3.74. The summed E-state index contributed by atoms with van der Waals surface area (Å²) in [7, 11) is 0. The molecule has 2 aromatic carbocycles.